The molecule has 5 nitrogen and oxygen atoms in total. The van der Waals surface area contributed by atoms with Crippen LogP contribution in [0.1, 0.15) is 17.0 Å². The molecule has 0 atom stereocenters. The highest BCUT2D eigenvalue weighted by Crippen LogP contribution is 2.11. The molecule has 0 aliphatic carbocycles. The number of furan rings is 1. The predicted molar refractivity (Wildman–Crippen MR) is 52.7 cm³/mol. The number of sulfonamides is 1. The van der Waals surface area contributed by atoms with Gasteiger partial charge in [0.05, 0.1) is 0 Å². The predicted octanol–water partition coefficient (Wildman–Crippen LogP) is 0.394. The smallest absolute Gasteiger partial charge is 0.274 e. The molecular weight excluding hydrogens is 218 g/mol. The molecule has 1 aromatic rings. The van der Waals surface area contributed by atoms with E-state index in [4.69, 9.17) is 10.8 Å². The van der Waals surface area contributed by atoms with Crippen LogP contribution in [0.5, 0.6) is 0 Å². The molecule has 1 heterocycles. The minimum atomic E-state index is -3.69. The van der Waals surface area contributed by atoms with Crippen LogP contribution in [-0.4, -0.2) is 21.2 Å². The first kappa shape index (κ1) is 11.5. The fourth-order valence-corrected chi connectivity index (χ4v) is 1.84. The normalized spacial score (nSPS) is 10.9. The summed E-state index contributed by atoms with van der Waals surface area (Å²) in [6, 6.07) is 2.49. The molecule has 0 unspecified atom stereocenters. The molecule has 1 rings (SSSR count). The summed E-state index contributed by atoms with van der Waals surface area (Å²) < 4.78 is 29.9. The average molecular weight is 227 g/mol. The molecule has 80 valence electrons. The van der Waals surface area contributed by atoms with Gasteiger partial charge in [-0.25, -0.2) is 13.1 Å². The van der Waals surface area contributed by atoms with Crippen LogP contribution in [0.25, 0.3) is 0 Å². The summed E-state index contributed by atoms with van der Waals surface area (Å²) in [5, 5.41) is -0.290. The minimum Gasteiger partial charge on any atom is -0.440 e. The number of terminal acetylenes is 1. The molecule has 0 spiro atoms. The summed E-state index contributed by atoms with van der Waals surface area (Å²) in [4.78, 5) is 10.3. The molecule has 0 aliphatic heterocycles. The second kappa shape index (κ2) is 4.77. The summed E-state index contributed by atoms with van der Waals surface area (Å²) >= 11 is 0. The van der Waals surface area contributed by atoms with E-state index in [1.54, 1.807) is 0 Å². The first-order chi connectivity index (χ1) is 7.10. The number of rotatable bonds is 5. The van der Waals surface area contributed by atoms with E-state index in [9.17, 15) is 13.2 Å². The van der Waals surface area contributed by atoms with Crippen molar-refractivity contribution in [2.24, 2.45) is 0 Å². The highest BCUT2D eigenvalue weighted by atomic mass is 32.2. The monoisotopic (exact) mass is 227 g/mol. The van der Waals surface area contributed by atoms with Crippen molar-refractivity contribution < 1.29 is 17.6 Å². The fraction of sp³-hybridized carbons (Fsp3) is 0.222. The van der Waals surface area contributed by atoms with Crippen LogP contribution in [0.15, 0.2) is 21.6 Å². The van der Waals surface area contributed by atoms with E-state index in [2.05, 4.69) is 10.6 Å². The van der Waals surface area contributed by atoms with E-state index in [1.165, 1.54) is 12.1 Å². The fourth-order valence-electron chi connectivity index (χ4n) is 0.871. The molecule has 0 fully saturated rings. The lowest BCUT2D eigenvalue weighted by molar-refractivity contribution is 0.109. The van der Waals surface area contributed by atoms with Crippen molar-refractivity contribution in [2.45, 2.75) is 11.5 Å². The van der Waals surface area contributed by atoms with Crippen molar-refractivity contribution in [3.8, 4) is 12.3 Å². The lowest BCUT2D eigenvalue weighted by atomic mass is 10.5. The van der Waals surface area contributed by atoms with Crippen LogP contribution in [0.3, 0.4) is 0 Å². The van der Waals surface area contributed by atoms with Gasteiger partial charge in [0.2, 0.25) is 5.09 Å². The molecule has 0 aromatic carbocycles. The first-order valence-corrected chi connectivity index (χ1v) is 5.56. The van der Waals surface area contributed by atoms with Crippen LogP contribution in [-0.2, 0) is 10.0 Å². The number of aldehydes is 1. The Bertz CT molecular complexity index is 480. The molecule has 0 amide bonds. The number of hydrogen-bond acceptors (Lipinski definition) is 4. The van der Waals surface area contributed by atoms with Crippen LogP contribution < -0.4 is 4.72 Å². The highest BCUT2D eigenvalue weighted by molar-refractivity contribution is 7.89. The van der Waals surface area contributed by atoms with Gasteiger partial charge >= 0.3 is 0 Å². The summed E-state index contributed by atoms with van der Waals surface area (Å²) in [7, 11) is -3.69. The minimum absolute atomic E-state index is 0.0349. The topological polar surface area (TPSA) is 76.4 Å². The SMILES string of the molecule is C#CCCNS(=O)(=O)c1ccc(C=O)o1. The second-order valence-corrected chi connectivity index (χ2v) is 4.32. The number of carbonyl (C=O) groups is 1. The zero-order chi connectivity index (χ0) is 11.3. The third-order valence-corrected chi connectivity index (χ3v) is 2.88. The Morgan fingerprint density at radius 1 is 1.53 bits per heavy atom. The first-order valence-electron chi connectivity index (χ1n) is 4.08. The molecule has 15 heavy (non-hydrogen) atoms. The van der Waals surface area contributed by atoms with Crippen LogP contribution >= 0.6 is 0 Å². The van der Waals surface area contributed by atoms with Crippen molar-refractivity contribution in [1.29, 1.82) is 0 Å². The molecular formula is C9H9NO4S. The van der Waals surface area contributed by atoms with Gasteiger partial charge in [0.15, 0.2) is 12.0 Å². The van der Waals surface area contributed by atoms with Crippen LogP contribution in [0, 0.1) is 12.3 Å². The molecule has 0 bridgehead atoms. The van der Waals surface area contributed by atoms with E-state index < -0.39 is 10.0 Å². The highest BCUT2D eigenvalue weighted by Gasteiger charge is 2.17. The number of carbonyl (C=O) groups excluding carboxylic acids is 1. The standard InChI is InChI=1S/C9H9NO4S/c1-2-3-6-10-15(12,13)9-5-4-8(7-11)14-9/h1,4-5,7,10H,3,6H2. The van der Waals surface area contributed by atoms with Gasteiger partial charge in [-0.05, 0) is 12.1 Å². The van der Waals surface area contributed by atoms with Crippen LogP contribution in [0.2, 0.25) is 0 Å². The van der Waals surface area contributed by atoms with Crippen molar-refractivity contribution >= 4 is 16.3 Å². The number of hydrogen-bond donors (Lipinski definition) is 1. The molecule has 1 aromatic heterocycles. The quantitative estimate of drug-likeness (QED) is 0.448. The largest absolute Gasteiger partial charge is 0.440 e. The van der Waals surface area contributed by atoms with Gasteiger partial charge in [0.25, 0.3) is 10.0 Å². The van der Waals surface area contributed by atoms with Crippen molar-refractivity contribution in [2.75, 3.05) is 6.54 Å². The van der Waals surface area contributed by atoms with E-state index in [0.717, 1.165) is 0 Å². The lowest BCUT2D eigenvalue weighted by Crippen LogP contribution is -2.24. The average Bonchev–Trinajstić information content (AvgIpc) is 2.66. The van der Waals surface area contributed by atoms with Crippen LogP contribution in [0.4, 0.5) is 0 Å². The van der Waals surface area contributed by atoms with E-state index in [-0.39, 0.29) is 17.4 Å². The maximum atomic E-state index is 11.4. The Kier molecular flexibility index (Phi) is 3.66. The Balaban J connectivity index is 2.78. The van der Waals surface area contributed by atoms with Gasteiger partial charge in [-0.2, -0.15) is 0 Å². The van der Waals surface area contributed by atoms with Gasteiger partial charge in [-0.15, -0.1) is 12.3 Å². The van der Waals surface area contributed by atoms with Crippen molar-refractivity contribution in [3.63, 3.8) is 0 Å². The van der Waals surface area contributed by atoms with Crippen molar-refractivity contribution in [1.82, 2.24) is 4.72 Å². The zero-order valence-corrected chi connectivity index (χ0v) is 8.58. The Morgan fingerprint density at radius 3 is 2.80 bits per heavy atom. The van der Waals surface area contributed by atoms with Gasteiger partial charge in [-0.1, -0.05) is 0 Å². The zero-order valence-electron chi connectivity index (χ0n) is 7.76. The maximum Gasteiger partial charge on any atom is 0.274 e. The molecule has 6 heteroatoms. The lowest BCUT2D eigenvalue weighted by Gasteiger charge is -2.00. The van der Waals surface area contributed by atoms with E-state index in [0.29, 0.717) is 12.7 Å². The van der Waals surface area contributed by atoms with Gasteiger partial charge in [-0.3, -0.25) is 4.79 Å². The maximum absolute atomic E-state index is 11.4. The Labute approximate surface area is 87.5 Å². The van der Waals surface area contributed by atoms with E-state index in [1.807, 2.05) is 0 Å². The third kappa shape index (κ3) is 2.94. The Morgan fingerprint density at radius 2 is 2.27 bits per heavy atom. The summed E-state index contributed by atoms with van der Waals surface area (Å²) in [6.07, 6.45) is 5.69. The third-order valence-electron chi connectivity index (χ3n) is 1.54. The molecule has 0 radical (unpaired) electrons. The second-order valence-electron chi connectivity index (χ2n) is 2.63. The van der Waals surface area contributed by atoms with Crippen molar-refractivity contribution in [3.05, 3.63) is 17.9 Å². The number of nitrogens with one attached hydrogen (secondary N) is 1. The molecule has 1 N–H and O–H groups in total. The molecule has 0 saturated heterocycles. The van der Waals surface area contributed by atoms with Gasteiger partial charge in [0, 0.05) is 13.0 Å². The summed E-state index contributed by atoms with van der Waals surface area (Å²) in [6.45, 7) is 0.135. The van der Waals surface area contributed by atoms with E-state index >= 15 is 0 Å². The molecule has 0 aliphatic rings. The summed E-state index contributed by atoms with van der Waals surface area (Å²) in [5.41, 5.74) is 0. The van der Waals surface area contributed by atoms with Gasteiger partial charge in [0.1, 0.15) is 0 Å². The summed E-state index contributed by atoms with van der Waals surface area (Å²) in [5.74, 6) is 2.26. The Hall–Kier alpha value is -1.58. The molecule has 0 saturated carbocycles. The van der Waals surface area contributed by atoms with Gasteiger partial charge < -0.3 is 4.42 Å².